The summed E-state index contributed by atoms with van der Waals surface area (Å²) in [6.07, 6.45) is 3.57. The number of nitrogens with two attached hydrogens (primary N) is 1. The van der Waals surface area contributed by atoms with Crippen molar-refractivity contribution >= 4 is 0 Å². The molecule has 1 rings (SSSR count). The molecule has 1 aliphatic heterocycles. The Morgan fingerprint density at radius 2 is 2.15 bits per heavy atom. The standard InChI is InChI=1S/C10H21NO2/c1-9(2-5-11)13-8-10-3-6-12-7-4-10/h9-10H,2-8,11H2,1H3. The van der Waals surface area contributed by atoms with E-state index in [-0.39, 0.29) is 0 Å². The van der Waals surface area contributed by atoms with Crippen LogP contribution >= 0.6 is 0 Å². The lowest BCUT2D eigenvalue weighted by Crippen LogP contribution is -2.23. The number of rotatable bonds is 5. The maximum absolute atomic E-state index is 5.69. The Balaban J connectivity index is 2.03. The topological polar surface area (TPSA) is 44.5 Å². The summed E-state index contributed by atoms with van der Waals surface area (Å²) in [6.45, 7) is 5.49. The molecule has 2 N–H and O–H groups in total. The fourth-order valence-corrected chi connectivity index (χ4v) is 1.53. The minimum atomic E-state index is 0.313. The predicted octanol–water partition coefficient (Wildman–Crippen LogP) is 1.17. The predicted molar refractivity (Wildman–Crippen MR) is 52.6 cm³/mol. The normalized spacial score (nSPS) is 21.7. The van der Waals surface area contributed by atoms with Gasteiger partial charge in [0.25, 0.3) is 0 Å². The molecule has 1 saturated heterocycles. The summed E-state index contributed by atoms with van der Waals surface area (Å²) in [7, 11) is 0. The molecule has 1 fully saturated rings. The van der Waals surface area contributed by atoms with Crippen molar-refractivity contribution in [1.82, 2.24) is 0 Å². The van der Waals surface area contributed by atoms with E-state index < -0.39 is 0 Å². The molecule has 0 aliphatic carbocycles. The van der Waals surface area contributed by atoms with E-state index in [1.54, 1.807) is 0 Å². The fourth-order valence-electron chi connectivity index (χ4n) is 1.53. The van der Waals surface area contributed by atoms with Crippen molar-refractivity contribution in [2.24, 2.45) is 11.7 Å². The zero-order chi connectivity index (χ0) is 9.52. The first-order chi connectivity index (χ1) is 6.33. The summed E-state index contributed by atoms with van der Waals surface area (Å²) >= 11 is 0. The van der Waals surface area contributed by atoms with Gasteiger partial charge in [-0.1, -0.05) is 0 Å². The molecule has 0 aromatic rings. The second kappa shape index (κ2) is 6.35. The van der Waals surface area contributed by atoms with Crippen molar-refractivity contribution in [3.8, 4) is 0 Å². The highest BCUT2D eigenvalue weighted by atomic mass is 16.5. The van der Waals surface area contributed by atoms with Crippen LogP contribution in [0, 0.1) is 5.92 Å². The molecule has 3 nitrogen and oxygen atoms in total. The van der Waals surface area contributed by atoms with Crippen LogP contribution in [-0.4, -0.2) is 32.5 Å². The zero-order valence-corrected chi connectivity index (χ0v) is 8.50. The molecule has 13 heavy (non-hydrogen) atoms. The Hall–Kier alpha value is -0.120. The van der Waals surface area contributed by atoms with Crippen molar-refractivity contribution in [3.63, 3.8) is 0 Å². The lowest BCUT2D eigenvalue weighted by molar-refractivity contribution is -0.00638. The average Bonchev–Trinajstić information content (AvgIpc) is 2.17. The van der Waals surface area contributed by atoms with E-state index in [0.29, 0.717) is 12.0 Å². The third-order valence-corrected chi connectivity index (χ3v) is 2.53. The summed E-state index contributed by atoms with van der Waals surface area (Å²) in [6, 6.07) is 0. The Kier molecular flexibility index (Phi) is 5.35. The number of ether oxygens (including phenoxy) is 2. The monoisotopic (exact) mass is 187 g/mol. The first-order valence-electron chi connectivity index (χ1n) is 5.22. The van der Waals surface area contributed by atoms with Gasteiger partial charge in [-0.05, 0) is 38.6 Å². The van der Waals surface area contributed by atoms with Crippen molar-refractivity contribution in [2.75, 3.05) is 26.4 Å². The molecular weight excluding hydrogens is 166 g/mol. The lowest BCUT2D eigenvalue weighted by atomic mass is 10.0. The maximum Gasteiger partial charge on any atom is 0.0559 e. The molecule has 1 heterocycles. The van der Waals surface area contributed by atoms with E-state index in [1.807, 2.05) is 0 Å². The van der Waals surface area contributed by atoms with Crippen LogP contribution in [0.5, 0.6) is 0 Å². The molecule has 0 radical (unpaired) electrons. The Labute approximate surface area is 80.6 Å². The third kappa shape index (κ3) is 4.60. The van der Waals surface area contributed by atoms with Gasteiger partial charge in [-0.25, -0.2) is 0 Å². The van der Waals surface area contributed by atoms with E-state index in [0.717, 1.165) is 45.6 Å². The van der Waals surface area contributed by atoms with Gasteiger partial charge in [0, 0.05) is 19.8 Å². The molecule has 0 spiro atoms. The van der Waals surface area contributed by atoms with Gasteiger partial charge in [0.05, 0.1) is 6.10 Å². The van der Waals surface area contributed by atoms with Crippen LogP contribution in [0.4, 0.5) is 0 Å². The third-order valence-electron chi connectivity index (χ3n) is 2.53. The summed E-state index contributed by atoms with van der Waals surface area (Å²) in [4.78, 5) is 0. The first-order valence-corrected chi connectivity index (χ1v) is 5.22. The van der Waals surface area contributed by atoms with Crippen molar-refractivity contribution in [2.45, 2.75) is 32.3 Å². The summed E-state index contributed by atoms with van der Waals surface area (Å²) < 4.78 is 11.0. The maximum atomic E-state index is 5.69. The molecular formula is C10H21NO2. The van der Waals surface area contributed by atoms with E-state index >= 15 is 0 Å². The second-order valence-electron chi connectivity index (χ2n) is 3.78. The molecule has 0 amide bonds. The molecule has 78 valence electrons. The molecule has 0 bridgehead atoms. The van der Waals surface area contributed by atoms with Gasteiger partial charge in [-0.15, -0.1) is 0 Å². The quantitative estimate of drug-likeness (QED) is 0.702. The zero-order valence-electron chi connectivity index (χ0n) is 8.50. The van der Waals surface area contributed by atoms with Crippen LogP contribution in [0.1, 0.15) is 26.2 Å². The summed E-state index contributed by atoms with van der Waals surface area (Å²) in [5.74, 6) is 0.703. The van der Waals surface area contributed by atoms with Crippen LogP contribution in [0.2, 0.25) is 0 Å². The van der Waals surface area contributed by atoms with Crippen molar-refractivity contribution < 1.29 is 9.47 Å². The van der Waals surface area contributed by atoms with Gasteiger partial charge < -0.3 is 15.2 Å². The lowest BCUT2D eigenvalue weighted by Gasteiger charge is -2.23. The van der Waals surface area contributed by atoms with Crippen LogP contribution in [0.25, 0.3) is 0 Å². The van der Waals surface area contributed by atoms with Gasteiger partial charge in [-0.2, -0.15) is 0 Å². The molecule has 0 saturated carbocycles. The molecule has 0 aromatic heterocycles. The minimum Gasteiger partial charge on any atom is -0.381 e. The van der Waals surface area contributed by atoms with E-state index in [4.69, 9.17) is 15.2 Å². The molecule has 1 unspecified atom stereocenters. The SMILES string of the molecule is CC(CCN)OCC1CCOCC1. The van der Waals surface area contributed by atoms with Crippen molar-refractivity contribution in [1.29, 1.82) is 0 Å². The largest absolute Gasteiger partial charge is 0.381 e. The smallest absolute Gasteiger partial charge is 0.0559 e. The van der Waals surface area contributed by atoms with Crippen LogP contribution in [0.3, 0.4) is 0 Å². The van der Waals surface area contributed by atoms with Crippen LogP contribution < -0.4 is 5.73 Å². The van der Waals surface area contributed by atoms with Gasteiger partial charge in [0.15, 0.2) is 0 Å². The van der Waals surface area contributed by atoms with Crippen molar-refractivity contribution in [3.05, 3.63) is 0 Å². The van der Waals surface area contributed by atoms with Crippen LogP contribution in [-0.2, 0) is 9.47 Å². The fraction of sp³-hybridized carbons (Fsp3) is 1.00. The van der Waals surface area contributed by atoms with Gasteiger partial charge in [-0.3, -0.25) is 0 Å². The highest BCUT2D eigenvalue weighted by molar-refractivity contribution is 4.63. The number of hydrogen-bond donors (Lipinski definition) is 1. The molecule has 1 atom stereocenters. The van der Waals surface area contributed by atoms with Crippen LogP contribution in [0.15, 0.2) is 0 Å². The Morgan fingerprint density at radius 1 is 1.46 bits per heavy atom. The highest BCUT2D eigenvalue weighted by Gasteiger charge is 2.14. The van der Waals surface area contributed by atoms with Gasteiger partial charge in [0.1, 0.15) is 0 Å². The van der Waals surface area contributed by atoms with E-state index in [9.17, 15) is 0 Å². The van der Waals surface area contributed by atoms with Gasteiger partial charge >= 0.3 is 0 Å². The van der Waals surface area contributed by atoms with Gasteiger partial charge in [0.2, 0.25) is 0 Å². The highest BCUT2D eigenvalue weighted by Crippen LogP contribution is 2.15. The van der Waals surface area contributed by atoms with E-state index in [2.05, 4.69) is 6.92 Å². The molecule has 3 heteroatoms. The Morgan fingerprint density at radius 3 is 2.77 bits per heavy atom. The minimum absolute atomic E-state index is 0.313. The Bertz CT molecular complexity index is 124. The molecule has 0 aromatic carbocycles. The summed E-state index contributed by atoms with van der Waals surface area (Å²) in [5, 5.41) is 0. The summed E-state index contributed by atoms with van der Waals surface area (Å²) in [5.41, 5.74) is 5.44. The molecule has 1 aliphatic rings. The first kappa shape index (κ1) is 11.0. The van der Waals surface area contributed by atoms with E-state index in [1.165, 1.54) is 0 Å². The second-order valence-corrected chi connectivity index (χ2v) is 3.78. The average molecular weight is 187 g/mol. The number of hydrogen-bond acceptors (Lipinski definition) is 3.